The fraction of sp³-hybridized carbons (Fsp3) is 0.600. The molecule has 0 fully saturated rings. The molecular formula is C20H30Cl3N3OS. The SMILES string of the molecule is CCCCCCCCC(=O)N[C@H](NC(=S)Nc1cc(C)ccc1C)C(Cl)(Cl)Cl. The maximum absolute atomic E-state index is 12.2. The molecule has 28 heavy (non-hydrogen) atoms. The molecule has 4 nitrogen and oxygen atoms in total. The van der Waals surface area contributed by atoms with Crippen molar-refractivity contribution in [3.63, 3.8) is 0 Å². The first kappa shape index (κ1) is 25.3. The second-order valence-electron chi connectivity index (χ2n) is 6.98. The molecule has 0 aliphatic heterocycles. The number of benzene rings is 1. The van der Waals surface area contributed by atoms with E-state index in [0.717, 1.165) is 36.1 Å². The van der Waals surface area contributed by atoms with Crippen LogP contribution in [0.25, 0.3) is 0 Å². The van der Waals surface area contributed by atoms with Crippen molar-refractivity contribution < 1.29 is 4.79 Å². The Kier molecular flexibility index (Phi) is 11.5. The highest BCUT2D eigenvalue weighted by molar-refractivity contribution is 7.80. The summed E-state index contributed by atoms with van der Waals surface area (Å²) < 4.78 is -1.75. The Balaban J connectivity index is 2.55. The summed E-state index contributed by atoms with van der Waals surface area (Å²) in [7, 11) is 0. The monoisotopic (exact) mass is 465 g/mol. The van der Waals surface area contributed by atoms with Crippen molar-refractivity contribution in [3.05, 3.63) is 29.3 Å². The highest BCUT2D eigenvalue weighted by atomic mass is 35.6. The van der Waals surface area contributed by atoms with Crippen LogP contribution in [0.1, 0.15) is 63.0 Å². The van der Waals surface area contributed by atoms with Gasteiger partial charge in [-0.2, -0.15) is 0 Å². The minimum Gasteiger partial charge on any atom is -0.339 e. The molecule has 1 aromatic rings. The molecule has 0 saturated heterocycles. The van der Waals surface area contributed by atoms with Gasteiger partial charge in [-0.15, -0.1) is 0 Å². The molecule has 158 valence electrons. The van der Waals surface area contributed by atoms with Crippen LogP contribution in [0.4, 0.5) is 5.69 Å². The Labute approximate surface area is 189 Å². The molecule has 1 atom stereocenters. The minimum absolute atomic E-state index is 0.172. The van der Waals surface area contributed by atoms with Gasteiger partial charge in [-0.1, -0.05) is 86.0 Å². The second kappa shape index (κ2) is 12.7. The van der Waals surface area contributed by atoms with Crippen LogP contribution in [0, 0.1) is 13.8 Å². The van der Waals surface area contributed by atoms with Crippen LogP contribution in [-0.2, 0) is 4.79 Å². The Morgan fingerprint density at radius 2 is 1.71 bits per heavy atom. The maximum Gasteiger partial charge on any atom is 0.228 e. The van der Waals surface area contributed by atoms with Crippen LogP contribution in [0.5, 0.6) is 0 Å². The average molecular weight is 467 g/mol. The molecule has 3 N–H and O–H groups in total. The number of carbonyl (C=O) groups is 1. The summed E-state index contributed by atoms with van der Waals surface area (Å²) in [6, 6.07) is 5.99. The Bertz CT molecular complexity index is 650. The number of anilines is 1. The summed E-state index contributed by atoms with van der Waals surface area (Å²) in [6.45, 7) is 6.14. The van der Waals surface area contributed by atoms with Gasteiger partial charge in [-0.05, 0) is 49.7 Å². The second-order valence-corrected chi connectivity index (χ2v) is 9.75. The Morgan fingerprint density at radius 3 is 2.36 bits per heavy atom. The van der Waals surface area contributed by atoms with Crippen LogP contribution in [0.15, 0.2) is 18.2 Å². The predicted octanol–water partition coefficient (Wildman–Crippen LogP) is 6.15. The van der Waals surface area contributed by atoms with Gasteiger partial charge in [0, 0.05) is 12.1 Å². The third kappa shape index (κ3) is 10.1. The lowest BCUT2D eigenvalue weighted by atomic mass is 10.1. The van der Waals surface area contributed by atoms with Crippen LogP contribution in [0.2, 0.25) is 0 Å². The Morgan fingerprint density at radius 1 is 1.07 bits per heavy atom. The highest BCUT2D eigenvalue weighted by Crippen LogP contribution is 2.29. The van der Waals surface area contributed by atoms with E-state index in [2.05, 4.69) is 22.9 Å². The van der Waals surface area contributed by atoms with Crippen molar-refractivity contribution in [3.8, 4) is 0 Å². The first-order chi connectivity index (χ1) is 13.1. The third-order valence-corrected chi connectivity index (χ3v) is 5.18. The number of unbranched alkanes of at least 4 members (excludes halogenated alkanes) is 5. The van der Waals surface area contributed by atoms with Crippen molar-refractivity contribution in [2.75, 3.05) is 5.32 Å². The fourth-order valence-electron chi connectivity index (χ4n) is 2.66. The zero-order valence-electron chi connectivity index (χ0n) is 16.7. The van der Waals surface area contributed by atoms with Gasteiger partial charge in [0.25, 0.3) is 0 Å². The third-order valence-electron chi connectivity index (χ3n) is 4.31. The molecule has 0 radical (unpaired) electrons. The van der Waals surface area contributed by atoms with E-state index < -0.39 is 9.96 Å². The zero-order valence-corrected chi connectivity index (χ0v) is 19.8. The van der Waals surface area contributed by atoms with E-state index in [1.165, 1.54) is 19.3 Å². The molecule has 0 spiro atoms. The van der Waals surface area contributed by atoms with Gasteiger partial charge in [-0.25, -0.2) is 0 Å². The summed E-state index contributed by atoms with van der Waals surface area (Å²) in [5.41, 5.74) is 2.99. The molecule has 1 amide bonds. The van der Waals surface area contributed by atoms with Crippen molar-refractivity contribution in [1.82, 2.24) is 10.6 Å². The van der Waals surface area contributed by atoms with Crippen LogP contribution in [-0.4, -0.2) is 21.0 Å². The van der Waals surface area contributed by atoms with Crippen molar-refractivity contribution in [2.45, 2.75) is 75.7 Å². The summed E-state index contributed by atoms with van der Waals surface area (Å²) in [5.74, 6) is -0.172. The largest absolute Gasteiger partial charge is 0.339 e. The van der Waals surface area contributed by atoms with E-state index in [-0.39, 0.29) is 11.0 Å². The average Bonchev–Trinajstić information content (AvgIpc) is 2.60. The first-order valence-electron chi connectivity index (χ1n) is 9.64. The smallest absolute Gasteiger partial charge is 0.228 e. The van der Waals surface area contributed by atoms with Crippen LogP contribution < -0.4 is 16.0 Å². The van der Waals surface area contributed by atoms with E-state index in [1.54, 1.807) is 0 Å². The normalized spacial score (nSPS) is 12.4. The standard InChI is InChI=1S/C20H30Cl3N3OS/c1-4-5-6-7-8-9-10-17(27)25-18(20(21,22)23)26-19(28)24-16-13-14(2)11-12-15(16)3/h11-13,18H,4-10H2,1-3H3,(H,25,27)(H2,24,26,28)/t18-/m1/s1. The number of amides is 1. The first-order valence-corrected chi connectivity index (χ1v) is 11.2. The highest BCUT2D eigenvalue weighted by Gasteiger charge is 2.34. The lowest BCUT2D eigenvalue weighted by Crippen LogP contribution is -2.56. The summed E-state index contributed by atoms with van der Waals surface area (Å²) in [5, 5.41) is 8.98. The summed E-state index contributed by atoms with van der Waals surface area (Å²) >= 11 is 23.4. The fourth-order valence-corrected chi connectivity index (χ4v) is 3.21. The molecule has 1 rings (SSSR count). The molecule has 8 heteroatoms. The summed E-state index contributed by atoms with van der Waals surface area (Å²) in [6.07, 6.45) is 6.06. The van der Waals surface area contributed by atoms with Crippen LogP contribution in [0.3, 0.4) is 0 Å². The molecule has 0 aliphatic carbocycles. The number of hydrogen-bond donors (Lipinski definition) is 3. The molecule has 0 aromatic heterocycles. The molecular weight excluding hydrogens is 437 g/mol. The van der Waals surface area contributed by atoms with Crippen molar-refractivity contribution in [2.24, 2.45) is 0 Å². The van der Waals surface area contributed by atoms with Gasteiger partial charge in [0.1, 0.15) is 6.17 Å². The van der Waals surface area contributed by atoms with E-state index >= 15 is 0 Å². The topological polar surface area (TPSA) is 53.2 Å². The number of aryl methyl sites for hydroxylation is 2. The van der Waals surface area contributed by atoms with Gasteiger partial charge >= 0.3 is 0 Å². The van der Waals surface area contributed by atoms with Gasteiger partial charge in [0.2, 0.25) is 9.70 Å². The number of thiocarbonyl (C=S) groups is 1. The summed E-state index contributed by atoms with van der Waals surface area (Å²) in [4.78, 5) is 12.2. The van der Waals surface area contributed by atoms with Gasteiger partial charge in [0.15, 0.2) is 5.11 Å². The van der Waals surface area contributed by atoms with E-state index in [9.17, 15) is 4.79 Å². The molecule has 0 unspecified atom stereocenters. The lowest BCUT2D eigenvalue weighted by Gasteiger charge is -2.28. The maximum atomic E-state index is 12.2. The van der Waals surface area contributed by atoms with E-state index in [4.69, 9.17) is 47.0 Å². The number of alkyl halides is 3. The number of rotatable bonds is 10. The number of carbonyl (C=O) groups excluding carboxylic acids is 1. The Hall–Kier alpha value is -0.750. The van der Waals surface area contributed by atoms with Crippen LogP contribution >= 0.6 is 47.0 Å². The van der Waals surface area contributed by atoms with Gasteiger partial charge in [0.05, 0.1) is 0 Å². The van der Waals surface area contributed by atoms with E-state index in [1.807, 2.05) is 32.0 Å². The molecule has 0 bridgehead atoms. The number of halogens is 3. The molecule has 0 aliphatic rings. The molecule has 1 aromatic carbocycles. The minimum atomic E-state index is -1.75. The van der Waals surface area contributed by atoms with Gasteiger partial charge < -0.3 is 16.0 Å². The molecule has 0 heterocycles. The van der Waals surface area contributed by atoms with Gasteiger partial charge in [-0.3, -0.25) is 4.79 Å². The zero-order chi connectivity index (χ0) is 21.2. The molecule has 0 saturated carbocycles. The van der Waals surface area contributed by atoms with Crippen molar-refractivity contribution in [1.29, 1.82) is 0 Å². The number of hydrogen-bond acceptors (Lipinski definition) is 2. The quantitative estimate of drug-likeness (QED) is 0.167. The van der Waals surface area contributed by atoms with Crippen molar-refractivity contribution >= 4 is 63.7 Å². The number of nitrogens with one attached hydrogen (secondary N) is 3. The predicted molar refractivity (Wildman–Crippen MR) is 125 cm³/mol. The lowest BCUT2D eigenvalue weighted by molar-refractivity contribution is -0.122. The van der Waals surface area contributed by atoms with E-state index in [0.29, 0.717) is 6.42 Å².